The topological polar surface area (TPSA) is 36.9 Å². The van der Waals surface area contributed by atoms with Crippen LogP contribution in [-0.2, 0) is 17.7 Å². The Morgan fingerprint density at radius 2 is 1.56 bits per heavy atom. The maximum atomic E-state index is 6.24. The minimum absolute atomic E-state index is 0.659. The summed E-state index contributed by atoms with van der Waals surface area (Å²) in [5.74, 6) is 0.697. The van der Waals surface area contributed by atoms with Gasteiger partial charge in [-0.3, -0.25) is 0 Å². The van der Waals surface area contributed by atoms with Crippen LogP contribution in [0.5, 0.6) is 0 Å². The predicted octanol–water partition coefficient (Wildman–Crippen LogP) is 4.50. The summed E-state index contributed by atoms with van der Waals surface area (Å²) in [7, 11) is -4.39. The Morgan fingerprint density at radius 3 is 1.96 bits per heavy atom. The summed E-state index contributed by atoms with van der Waals surface area (Å²) < 4.78 is 24.5. The van der Waals surface area contributed by atoms with Crippen molar-refractivity contribution in [1.82, 2.24) is 0 Å². The highest BCUT2D eigenvalue weighted by molar-refractivity contribution is 6.79. The Labute approximate surface area is 157 Å². The van der Waals surface area contributed by atoms with E-state index in [9.17, 15) is 0 Å². The van der Waals surface area contributed by atoms with Crippen LogP contribution in [0.2, 0.25) is 0 Å². The minimum Gasteiger partial charge on any atom is -0.394 e. The van der Waals surface area contributed by atoms with Gasteiger partial charge in [-0.1, -0.05) is 25.8 Å². The van der Waals surface area contributed by atoms with Crippen molar-refractivity contribution in [1.29, 1.82) is 0 Å². The van der Waals surface area contributed by atoms with Crippen LogP contribution in [0.1, 0.15) is 66.7 Å². The summed E-state index contributed by atoms with van der Waals surface area (Å²) in [6.45, 7) is 13.1. The zero-order valence-electron chi connectivity index (χ0n) is 16.9. The van der Waals surface area contributed by atoms with Gasteiger partial charge in [-0.2, -0.15) is 0 Å². The molecule has 0 aromatic heterocycles. The van der Waals surface area contributed by atoms with Gasteiger partial charge in [-0.05, 0) is 69.5 Å². The molecule has 0 amide bonds. The molecule has 0 bridgehead atoms. The van der Waals surface area contributed by atoms with Crippen molar-refractivity contribution in [3.8, 4) is 0 Å². The molecule has 1 fully saturated rings. The van der Waals surface area contributed by atoms with E-state index in [0.717, 1.165) is 12.8 Å². The molecule has 0 N–H and O–H groups in total. The first-order valence-electron chi connectivity index (χ1n) is 10.1. The van der Waals surface area contributed by atoms with E-state index in [1.54, 1.807) is 0 Å². The highest BCUT2D eigenvalue weighted by atomic mass is 28.4. The number of hydrogen-bond acceptors (Lipinski definition) is 4. The number of hydrogen-bond donors (Lipinski definition) is 0. The molecular formula is C19H38O4Si2. The van der Waals surface area contributed by atoms with Crippen LogP contribution < -0.4 is 0 Å². The highest BCUT2D eigenvalue weighted by Gasteiger charge is 2.35. The Bertz CT molecular complexity index is 396. The van der Waals surface area contributed by atoms with Gasteiger partial charge in [0.2, 0.25) is 0 Å². The second-order valence-corrected chi connectivity index (χ2v) is 11.1. The largest absolute Gasteiger partial charge is 0.394 e. The molecule has 0 aromatic carbocycles. The van der Waals surface area contributed by atoms with Crippen molar-refractivity contribution < 1.29 is 17.7 Å². The van der Waals surface area contributed by atoms with Gasteiger partial charge in [0.1, 0.15) is 0 Å². The Balaban J connectivity index is 3.14. The Hall–Kier alpha value is -0.246. The van der Waals surface area contributed by atoms with E-state index >= 15 is 0 Å². The van der Waals surface area contributed by atoms with Crippen molar-refractivity contribution >= 4 is 17.8 Å². The summed E-state index contributed by atoms with van der Waals surface area (Å²) in [4.78, 5) is 0. The molecule has 0 saturated heterocycles. The molecule has 1 aliphatic rings. The molecule has 0 radical (unpaired) electrons. The molecule has 1 saturated carbocycles. The quantitative estimate of drug-likeness (QED) is 0.412. The smallest absolute Gasteiger partial charge is 0.391 e. The first-order chi connectivity index (χ1) is 12.1. The average Bonchev–Trinajstić information content (AvgIpc) is 2.53. The molecule has 0 aromatic rings. The Morgan fingerprint density at radius 1 is 0.960 bits per heavy atom. The van der Waals surface area contributed by atoms with Crippen molar-refractivity contribution in [2.75, 3.05) is 26.4 Å². The fourth-order valence-corrected chi connectivity index (χ4v) is 8.53. The van der Waals surface area contributed by atoms with Gasteiger partial charge in [0, 0.05) is 26.4 Å². The second kappa shape index (κ2) is 13.0. The maximum absolute atomic E-state index is 6.24. The zero-order chi connectivity index (χ0) is 18.5. The van der Waals surface area contributed by atoms with E-state index in [2.05, 4.69) is 24.4 Å². The predicted molar refractivity (Wildman–Crippen MR) is 109 cm³/mol. The summed E-state index contributed by atoms with van der Waals surface area (Å²) in [6.07, 6.45) is 8.32. The lowest BCUT2D eigenvalue weighted by Gasteiger charge is -2.28. The third-order valence-corrected chi connectivity index (χ3v) is 9.93. The van der Waals surface area contributed by atoms with Crippen LogP contribution in [0, 0.1) is 5.92 Å². The molecule has 6 heteroatoms. The molecule has 0 heterocycles. The van der Waals surface area contributed by atoms with Gasteiger partial charge in [0.15, 0.2) is 0 Å². The number of allylic oxidation sites excluding steroid dienone is 2. The van der Waals surface area contributed by atoms with E-state index < -0.39 is 17.8 Å². The molecule has 0 spiro atoms. The molecular weight excluding hydrogens is 348 g/mol. The van der Waals surface area contributed by atoms with Gasteiger partial charge in [-0.15, -0.1) is 0 Å². The number of rotatable bonds is 14. The molecule has 1 rings (SSSR count). The van der Waals surface area contributed by atoms with Crippen LogP contribution in [-0.4, -0.2) is 44.3 Å². The van der Waals surface area contributed by atoms with E-state index in [0.29, 0.717) is 32.3 Å². The summed E-state index contributed by atoms with van der Waals surface area (Å²) in [5, 5.41) is 1.29. The van der Waals surface area contributed by atoms with Crippen molar-refractivity contribution in [3.63, 3.8) is 0 Å². The van der Waals surface area contributed by atoms with E-state index in [-0.39, 0.29) is 0 Å². The van der Waals surface area contributed by atoms with Gasteiger partial charge in [0.25, 0.3) is 0 Å². The third kappa shape index (κ3) is 7.89. The molecule has 146 valence electrons. The standard InChI is InChI=1S/C19H38O4Si2/c1-6-12-19(24(20-7-2)21-8-3)17-25(22-9-4,23-10-5)16-15-18-13-11-14-18/h15-18,24H,6-14H2,1-5H3. The molecule has 0 aliphatic heterocycles. The minimum atomic E-state index is -2.53. The molecule has 0 atom stereocenters. The van der Waals surface area contributed by atoms with E-state index in [1.165, 1.54) is 24.5 Å². The van der Waals surface area contributed by atoms with Crippen LogP contribution in [0.25, 0.3) is 0 Å². The van der Waals surface area contributed by atoms with Crippen molar-refractivity contribution in [3.05, 3.63) is 22.7 Å². The maximum Gasteiger partial charge on any atom is 0.391 e. The lowest BCUT2D eigenvalue weighted by atomic mass is 9.86. The fourth-order valence-electron chi connectivity index (χ4n) is 2.99. The zero-order valence-corrected chi connectivity index (χ0v) is 19.0. The van der Waals surface area contributed by atoms with Crippen LogP contribution in [0.4, 0.5) is 0 Å². The van der Waals surface area contributed by atoms with Crippen LogP contribution in [0.3, 0.4) is 0 Å². The van der Waals surface area contributed by atoms with Crippen LogP contribution >= 0.6 is 0 Å². The van der Waals surface area contributed by atoms with Gasteiger partial charge >= 0.3 is 17.8 Å². The van der Waals surface area contributed by atoms with Crippen molar-refractivity contribution in [2.45, 2.75) is 66.7 Å². The first kappa shape index (κ1) is 22.8. The summed E-state index contributed by atoms with van der Waals surface area (Å²) >= 11 is 0. The third-order valence-electron chi connectivity index (χ3n) is 4.35. The highest BCUT2D eigenvalue weighted by Crippen LogP contribution is 2.29. The normalized spacial score (nSPS) is 16.8. The lowest BCUT2D eigenvalue weighted by molar-refractivity contribution is 0.203. The molecule has 0 unspecified atom stereocenters. The second-order valence-electron chi connectivity index (χ2n) is 6.35. The fraction of sp³-hybridized carbons (Fsp3) is 0.789. The lowest BCUT2D eigenvalue weighted by Crippen LogP contribution is -2.41. The van der Waals surface area contributed by atoms with Crippen LogP contribution in [0.15, 0.2) is 22.7 Å². The van der Waals surface area contributed by atoms with Gasteiger partial charge in [0.05, 0.1) is 0 Å². The summed E-state index contributed by atoms with van der Waals surface area (Å²) in [5.41, 5.74) is 4.53. The monoisotopic (exact) mass is 386 g/mol. The molecule has 4 nitrogen and oxygen atoms in total. The SMILES string of the molecule is CCCC(=C[Si](C=CC1CCC1)(OCC)OCC)[SiH](OCC)OCC. The van der Waals surface area contributed by atoms with E-state index in [1.807, 2.05) is 27.7 Å². The van der Waals surface area contributed by atoms with Gasteiger partial charge < -0.3 is 17.7 Å². The Kier molecular flexibility index (Phi) is 11.9. The van der Waals surface area contributed by atoms with E-state index in [4.69, 9.17) is 17.7 Å². The van der Waals surface area contributed by atoms with Crippen molar-refractivity contribution in [2.24, 2.45) is 5.92 Å². The summed E-state index contributed by atoms with van der Waals surface area (Å²) in [6, 6.07) is 0. The van der Waals surface area contributed by atoms with Gasteiger partial charge in [-0.25, -0.2) is 0 Å². The first-order valence-corrected chi connectivity index (χ1v) is 13.6. The molecule has 1 aliphatic carbocycles. The molecule has 25 heavy (non-hydrogen) atoms. The average molecular weight is 387 g/mol.